The number of thiazole rings is 1. The van der Waals surface area contributed by atoms with Crippen molar-refractivity contribution in [3.63, 3.8) is 0 Å². The fraction of sp³-hybridized carbons (Fsp3) is 0.438. The fourth-order valence-corrected chi connectivity index (χ4v) is 3.29. The third-order valence-corrected chi connectivity index (χ3v) is 4.41. The van der Waals surface area contributed by atoms with Gasteiger partial charge in [-0.15, -0.1) is 0 Å². The van der Waals surface area contributed by atoms with Crippen molar-refractivity contribution in [1.82, 2.24) is 4.98 Å². The van der Waals surface area contributed by atoms with Crippen LogP contribution in [0.2, 0.25) is 0 Å². The Balaban J connectivity index is 2.41. The van der Waals surface area contributed by atoms with Crippen LogP contribution in [-0.2, 0) is 12.0 Å². The van der Waals surface area contributed by atoms with E-state index in [1.807, 2.05) is 0 Å². The highest BCUT2D eigenvalue weighted by Gasteiger charge is 2.23. The molecule has 0 bridgehead atoms. The molecular weight excluding hydrogens is 266 g/mol. The first-order valence-corrected chi connectivity index (χ1v) is 7.65. The van der Waals surface area contributed by atoms with Crippen LogP contribution < -0.4 is 10.6 Å². The van der Waals surface area contributed by atoms with Crippen LogP contribution in [0.4, 0.5) is 10.8 Å². The van der Waals surface area contributed by atoms with E-state index in [1.165, 1.54) is 10.4 Å². The highest BCUT2D eigenvalue weighted by molar-refractivity contribution is 7.15. The Morgan fingerprint density at radius 1 is 1.30 bits per heavy atom. The number of rotatable bonds is 3. The van der Waals surface area contributed by atoms with E-state index in [2.05, 4.69) is 63.9 Å². The first-order chi connectivity index (χ1) is 9.32. The van der Waals surface area contributed by atoms with Gasteiger partial charge in [0.2, 0.25) is 0 Å². The average molecular weight is 289 g/mol. The molecule has 1 heterocycles. The molecule has 0 aliphatic heterocycles. The summed E-state index contributed by atoms with van der Waals surface area (Å²) in [5.41, 5.74) is 9.42. The second kappa shape index (κ2) is 5.54. The van der Waals surface area contributed by atoms with Gasteiger partial charge in [-0.2, -0.15) is 0 Å². The van der Waals surface area contributed by atoms with Crippen LogP contribution in [0.5, 0.6) is 0 Å². The zero-order chi connectivity index (χ0) is 14.9. The molecule has 3 nitrogen and oxygen atoms in total. The summed E-state index contributed by atoms with van der Waals surface area (Å²) in [6.07, 6.45) is 0. The first kappa shape index (κ1) is 15.0. The number of benzene rings is 1. The van der Waals surface area contributed by atoms with Crippen LogP contribution in [-0.4, -0.2) is 12.0 Å². The lowest BCUT2D eigenvalue weighted by Gasteiger charge is -2.18. The summed E-state index contributed by atoms with van der Waals surface area (Å²) in [4.78, 5) is 8.13. The molecule has 2 aromatic rings. The Labute approximate surface area is 125 Å². The number of nitrogens with zero attached hydrogens (tertiary/aromatic N) is 2. The summed E-state index contributed by atoms with van der Waals surface area (Å²) in [6.45, 7) is 9.18. The Morgan fingerprint density at radius 2 is 2.00 bits per heavy atom. The van der Waals surface area contributed by atoms with E-state index in [4.69, 9.17) is 10.7 Å². The summed E-state index contributed by atoms with van der Waals surface area (Å²) in [7, 11) is 2.06. The van der Waals surface area contributed by atoms with Crippen molar-refractivity contribution in [2.24, 2.45) is 5.73 Å². The molecule has 1 aromatic heterocycles. The van der Waals surface area contributed by atoms with Gasteiger partial charge in [0, 0.05) is 29.6 Å². The van der Waals surface area contributed by atoms with Crippen molar-refractivity contribution in [2.45, 2.75) is 39.7 Å². The predicted molar refractivity (Wildman–Crippen MR) is 87.9 cm³/mol. The molecule has 0 fully saturated rings. The maximum atomic E-state index is 5.88. The lowest BCUT2D eigenvalue weighted by Crippen LogP contribution is -2.16. The normalized spacial score (nSPS) is 11.7. The highest BCUT2D eigenvalue weighted by Crippen LogP contribution is 2.35. The van der Waals surface area contributed by atoms with Crippen LogP contribution in [0.3, 0.4) is 0 Å². The Kier molecular flexibility index (Phi) is 4.16. The quantitative estimate of drug-likeness (QED) is 0.929. The summed E-state index contributed by atoms with van der Waals surface area (Å²) in [6, 6.07) is 8.45. The second-order valence-corrected chi connectivity index (χ2v) is 7.18. The minimum atomic E-state index is 0.0247. The molecule has 20 heavy (non-hydrogen) atoms. The molecule has 0 aliphatic carbocycles. The molecule has 0 unspecified atom stereocenters. The Hall–Kier alpha value is -1.39. The number of nitrogens with two attached hydrogens (primary N) is 1. The molecular formula is C16H23N3S. The van der Waals surface area contributed by atoms with Gasteiger partial charge in [0.25, 0.3) is 0 Å². The highest BCUT2D eigenvalue weighted by atomic mass is 32.1. The van der Waals surface area contributed by atoms with Crippen molar-refractivity contribution >= 4 is 22.2 Å². The maximum absolute atomic E-state index is 5.88. The van der Waals surface area contributed by atoms with E-state index in [9.17, 15) is 0 Å². The molecule has 0 aliphatic rings. The molecule has 0 spiro atoms. The van der Waals surface area contributed by atoms with Gasteiger partial charge in [-0.25, -0.2) is 4.98 Å². The van der Waals surface area contributed by atoms with Crippen LogP contribution in [0.15, 0.2) is 24.3 Å². The van der Waals surface area contributed by atoms with E-state index in [0.29, 0.717) is 6.54 Å². The van der Waals surface area contributed by atoms with Gasteiger partial charge < -0.3 is 10.6 Å². The van der Waals surface area contributed by atoms with E-state index < -0.39 is 0 Å². The molecule has 108 valence electrons. The van der Waals surface area contributed by atoms with E-state index in [0.717, 1.165) is 16.5 Å². The van der Waals surface area contributed by atoms with Gasteiger partial charge >= 0.3 is 0 Å². The Morgan fingerprint density at radius 3 is 2.50 bits per heavy atom. The van der Waals surface area contributed by atoms with Crippen LogP contribution in [0.25, 0.3) is 0 Å². The van der Waals surface area contributed by atoms with Crippen molar-refractivity contribution in [2.75, 3.05) is 11.9 Å². The molecule has 0 atom stereocenters. The van der Waals surface area contributed by atoms with Gasteiger partial charge in [-0.3, -0.25) is 0 Å². The molecule has 2 N–H and O–H groups in total. The van der Waals surface area contributed by atoms with Gasteiger partial charge in [-0.1, -0.05) is 44.2 Å². The van der Waals surface area contributed by atoms with Crippen LogP contribution >= 0.6 is 11.3 Å². The average Bonchev–Trinajstić information content (AvgIpc) is 2.82. The number of hydrogen-bond acceptors (Lipinski definition) is 4. The monoisotopic (exact) mass is 289 g/mol. The zero-order valence-corrected chi connectivity index (χ0v) is 13.7. The molecule has 1 aromatic carbocycles. The smallest absolute Gasteiger partial charge is 0.190 e. The maximum Gasteiger partial charge on any atom is 0.190 e. The van der Waals surface area contributed by atoms with Crippen molar-refractivity contribution in [3.8, 4) is 0 Å². The lowest BCUT2D eigenvalue weighted by molar-refractivity contribution is 0.566. The topological polar surface area (TPSA) is 42.2 Å². The SMILES string of the molecule is Cc1cccc(N(C)c2nc(C(C)(C)C)c(CN)s2)c1. The second-order valence-electron chi connectivity index (χ2n) is 6.12. The molecule has 2 rings (SSSR count). The molecule has 0 radical (unpaired) electrons. The number of anilines is 2. The van der Waals surface area contributed by atoms with Gasteiger partial charge in [-0.05, 0) is 24.6 Å². The van der Waals surface area contributed by atoms with E-state index in [-0.39, 0.29) is 5.41 Å². The number of aryl methyl sites for hydroxylation is 1. The Bertz CT molecular complexity index is 596. The molecule has 0 saturated carbocycles. The molecule has 0 amide bonds. The van der Waals surface area contributed by atoms with Crippen molar-refractivity contribution in [3.05, 3.63) is 40.4 Å². The van der Waals surface area contributed by atoms with E-state index >= 15 is 0 Å². The zero-order valence-electron chi connectivity index (χ0n) is 12.9. The lowest BCUT2D eigenvalue weighted by atomic mass is 9.91. The van der Waals surface area contributed by atoms with Gasteiger partial charge in [0.15, 0.2) is 5.13 Å². The number of aromatic nitrogens is 1. The van der Waals surface area contributed by atoms with E-state index in [1.54, 1.807) is 11.3 Å². The summed E-state index contributed by atoms with van der Waals surface area (Å²) >= 11 is 1.68. The fourth-order valence-electron chi connectivity index (χ4n) is 2.15. The molecule has 0 saturated heterocycles. The predicted octanol–water partition coefficient (Wildman–Crippen LogP) is 3.98. The third kappa shape index (κ3) is 3.02. The largest absolute Gasteiger partial charge is 0.326 e. The van der Waals surface area contributed by atoms with Crippen LogP contribution in [0.1, 0.15) is 36.9 Å². The van der Waals surface area contributed by atoms with Crippen molar-refractivity contribution in [1.29, 1.82) is 0 Å². The summed E-state index contributed by atoms with van der Waals surface area (Å²) in [5, 5.41) is 1.00. The number of hydrogen-bond donors (Lipinski definition) is 1. The minimum absolute atomic E-state index is 0.0247. The standard InChI is InChI=1S/C16H23N3S/c1-11-7-6-8-12(9-11)19(5)15-18-14(16(2,3)4)13(10-17)20-15/h6-9H,10,17H2,1-5H3. The first-order valence-electron chi connectivity index (χ1n) is 6.83. The minimum Gasteiger partial charge on any atom is -0.326 e. The molecule has 4 heteroatoms. The summed E-state index contributed by atoms with van der Waals surface area (Å²) in [5.74, 6) is 0. The van der Waals surface area contributed by atoms with Gasteiger partial charge in [0.05, 0.1) is 5.69 Å². The summed E-state index contributed by atoms with van der Waals surface area (Å²) < 4.78 is 0. The van der Waals surface area contributed by atoms with Crippen LogP contribution in [0, 0.1) is 6.92 Å². The van der Waals surface area contributed by atoms with Crippen molar-refractivity contribution < 1.29 is 0 Å². The van der Waals surface area contributed by atoms with Gasteiger partial charge in [0.1, 0.15) is 0 Å². The third-order valence-electron chi connectivity index (χ3n) is 3.26.